The maximum atomic E-state index is 3.05. The van der Waals surface area contributed by atoms with Gasteiger partial charge in [0.2, 0.25) is 0 Å². The smallest absolute Gasteiger partial charge is 0.273 e. The van der Waals surface area contributed by atoms with Gasteiger partial charge in [-0.1, -0.05) is 36.4 Å². The van der Waals surface area contributed by atoms with Crippen LogP contribution in [0.25, 0.3) is 21.5 Å². The predicted octanol–water partition coefficient (Wildman–Crippen LogP) is 5.41. The molecule has 1 aliphatic carbocycles. The van der Waals surface area contributed by atoms with Crippen molar-refractivity contribution in [2.75, 3.05) is 0 Å². The molecule has 0 heterocycles. The van der Waals surface area contributed by atoms with E-state index in [9.17, 15) is 0 Å². The van der Waals surface area contributed by atoms with E-state index in [1.54, 1.807) is 0 Å². The molecule has 0 radical (unpaired) electrons. The molecule has 0 unspecified atom stereocenters. The molecular formula is C19H16Zr. The number of hydrogen-bond donors (Lipinski definition) is 0. The molecule has 0 aromatic heterocycles. The Morgan fingerprint density at radius 2 is 1.45 bits per heavy atom. The van der Waals surface area contributed by atoms with Gasteiger partial charge in [0.1, 0.15) is 0 Å². The Labute approximate surface area is 139 Å². The third kappa shape index (κ3) is 3.22. The quantitative estimate of drug-likeness (QED) is 0.482. The Kier molecular flexibility index (Phi) is 5.20. The van der Waals surface area contributed by atoms with Gasteiger partial charge >= 0.3 is 26.2 Å². The molecule has 3 aromatic carbocycles. The minimum absolute atomic E-state index is 0. The average Bonchev–Trinajstić information content (AvgIpc) is 3.06. The molecule has 0 bridgehead atoms. The third-order valence-corrected chi connectivity index (χ3v) is 3.39. The topological polar surface area (TPSA) is 0 Å². The number of benzene rings is 2. The molecule has 0 N–H and O–H groups in total. The zero-order valence-corrected chi connectivity index (χ0v) is 14.0. The minimum Gasteiger partial charge on any atom is -0.273 e. The van der Waals surface area contributed by atoms with Crippen LogP contribution >= 0.6 is 0 Å². The van der Waals surface area contributed by atoms with E-state index in [-0.39, 0.29) is 26.2 Å². The summed E-state index contributed by atoms with van der Waals surface area (Å²) in [4.78, 5) is 0. The molecule has 0 saturated carbocycles. The van der Waals surface area contributed by atoms with E-state index in [2.05, 4.69) is 73.7 Å². The second-order valence-electron chi connectivity index (χ2n) is 4.82. The molecule has 0 amide bonds. The fourth-order valence-electron chi connectivity index (χ4n) is 2.40. The van der Waals surface area contributed by atoms with Crippen molar-refractivity contribution < 1.29 is 26.2 Å². The first-order valence-corrected chi connectivity index (χ1v) is 6.61. The van der Waals surface area contributed by atoms with Gasteiger partial charge in [0, 0.05) is 0 Å². The van der Waals surface area contributed by atoms with Gasteiger partial charge in [0.25, 0.3) is 0 Å². The van der Waals surface area contributed by atoms with Crippen molar-refractivity contribution >= 4 is 21.5 Å². The van der Waals surface area contributed by atoms with Crippen molar-refractivity contribution in [1.82, 2.24) is 0 Å². The van der Waals surface area contributed by atoms with Crippen molar-refractivity contribution in [2.45, 2.75) is 13.3 Å². The summed E-state index contributed by atoms with van der Waals surface area (Å²) < 4.78 is 0. The number of allylic oxidation sites excluding steroid dienone is 4. The summed E-state index contributed by atoms with van der Waals surface area (Å²) in [5, 5.41) is 5.39. The third-order valence-electron chi connectivity index (χ3n) is 3.39. The summed E-state index contributed by atoms with van der Waals surface area (Å²) in [7, 11) is 0. The molecule has 0 saturated heterocycles. The van der Waals surface area contributed by atoms with E-state index in [4.69, 9.17) is 0 Å². The predicted molar refractivity (Wildman–Crippen MR) is 83.2 cm³/mol. The molecule has 0 aliphatic heterocycles. The minimum atomic E-state index is 0. The SMILES string of the molecule is CC1=CC[C-]=C1.[Zr+2].c1ccc2c(c1)[cH-]c1ccccc12. The van der Waals surface area contributed by atoms with Crippen LogP contribution in [0.3, 0.4) is 0 Å². The van der Waals surface area contributed by atoms with Gasteiger partial charge in [-0.15, -0.1) is 53.1 Å². The molecule has 20 heavy (non-hydrogen) atoms. The van der Waals surface area contributed by atoms with Gasteiger partial charge in [0.15, 0.2) is 0 Å². The summed E-state index contributed by atoms with van der Waals surface area (Å²) in [5.74, 6) is 0. The number of hydrogen-bond acceptors (Lipinski definition) is 0. The second-order valence-corrected chi connectivity index (χ2v) is 4.82. The van der Waals surface area contributed by atoms with Gasteiger partial charge in [-0.2, -0.15) is 6.08 Å². The Morgan fingerprint density at radius 1 is 0.900 bits per heavy atom. The van der Waals surface area contributed by atoms with Gasteiger partial charge in [0.05, 0.1) is 0 Å². The first-order chi connectivity index (χ1) is 9.34. The molecule has 4 rings (SSSR count). The zero-order chi connectivity index (χ0) is 13.1. The van der Waals surface area contributed by atoms with Crippen LogP contribution in [0.1, 0.15) is 13.3 Å². The summed E-state index contributed by atoms with van der Waals surface area (Å²) in [5.41, 5.74) is 1.34. The Bertz CT molecular complexity index is 706. The maximum Gasteiger partial charge on any atom is 2.00 e. The van der Waals surface area contributed by atoms with Gasteiger partial charge in [-0.3, -0.25) is 6.08 Å². The van der Waals surface area contributed by atoms with Crippen molar-refractivity contribution in [3.63, 3.8) is 0 Å². The van der Waals surface area contributed by atoms with Crippen LogP contribution in [0.5, 0.6) is 0 Å². The molecule has 0 atom stereocenters. The van der Waals surface area contributed by atoms with E-state index in [1.807, 2.05) is 6.08 Å². The Morgan fingerprint density at radius 3 is 1.85 bits per heavy atom. The van der Waals surface area contributed by atoms with Crippen LogP contribution in [-0.4, -0.2) is 0 Å². The Balaban J connectivity index is 0.000000180. The van der Waals surface area contributed by atoms with Gasteiger partial charge in [-0.25, -0.2) is 11.6 Å². The van der Waals surface area contributed by atoms with Gasteiger partial charge < -0.3 is 0 Å². The van der Waals surface area contributed by atoms with Crippen molar-refractivity contribution in [3.8, 4) is 0 Å². The fourth-order valence-corrected chi connectivity index (χ4v) is 2.40. The Hall–Kier alpha value is -1.33. The summed E-state index contributed by atoms with van der Waals surface area (Å²) in [6.07, 6.45) is 8.24. The van der Waals surface area contributed by atoms with Crippen molar-refractivity contribution in [1.29, 1.82) is 0 Å². The largest absolute Gasteiger partial charge is 2.00 e. The van der Waals surface area contributed by atoms with E-state index >= 15 is 0 Å². The average molecular weight is 336 g/mol. The monoisotopic (exact) mass is 334 g/mol. The first-order valence-electron chi connectivity index (χ1n) is 6.61. The summed E-state index contributed by atoms with van der Waals surface area (Å²) in [6, 6.07) is 19.3. The molecule has 0 spiro atoms. The molecular weight excluding hydrogens is 319 g/mol. The molecule has 96 valence electrons. The van der Waals surface area contributed by atoms with E-state index in [0.717, 1.165) is 6.42 Å². The van der Waals surface area contributed by atoms with Crippen molar-refractivity contribution in [2.24, 2.45) is 0 Å². The van der Waals surface area contributed by atoms with Crippen LogP contribution in [0.2, 0.25) is 0 Å². The number of fused-ring (bicyclic) bond motifs is 3. The van der Waals surface area contributed by atoms with Crippen LogP contribution in [-0.2, 0) is 26.2 Å². The summed E-state index contributed by atoms with van der Waals surface area (Å²) >= 11 is 0. The number of rotatable bonds is 0. The standard InChI is InChI=1S/C13H9.C6H7.Zr/c1-3-7-12-10(5-1)9-11-6-2-4-8-13(11)12;1-6-4-2-3-5-6;/h1-9H;4-5H,2H2,1H3;/q2*-1;+2. The van der Waals surface area contributed by atoms with Crippen LogP contribution in [0, 0.1) is 6.08 Å². The normalized spacial score (nSPS) is 12.8. The van der Waals surface area contributed by atoms with Crippen LogP contribution < -0.4 is 0 Å². The van der Waals surface area contributed by atoms with E-state index in [1.165, 1.54) is 27.1 Å². The zero-order valence-electron chi connectivity index (χ0n) is 11.6. The van der Waals surface area contributed by atoms with Crippen LogP contribution in [0.4, 0.5) is 0 Å². The van der Waals surface area contributed by atoms with Gasteiger partial charge in [-0.05, 0) is 0 Å². The molecule has 0 fully saturated rings. The van der Waals surface area contributed by atoms with E-state index < -0.39 is 0 Å². The van der Waals surface area contributed by atoms with E-state index in [0.29, 0.717) is 0 Å². The van der Waals surface area contributed by atoms with Crippen LogP contribution in [0.15, 0.2) is 72.3 Å². The van der Waals surface area contributed by atoms with Crippen molar-refractivity contribution in [3.05, 3.63) is 78.4 Å². The molecule has 1 heteroatoms. The molecule has 3 aromatic rings. The maximum absolute atomic E-state index is 3.05. The summed E-state index contributed by atoms with van der Waals surface area (Å²) in [6.45, 7) is 2.08. The second kappa shape index (κ2) is 6.91. The molecule has 0 nitrogen and oxygen atoms in total. The fraction of sp³-hybridized carbons (Fsp3) is 0.105. The first kappa shape index (κ1) is 15.1. The molecule has 1 aliphatic rings.